The molecule has 1 aromatic carbocycles. The quantitative estimate of drug-likeness (QED) is 0.801. The van der Waals surface area contributed by atoms with E-state index in [0.717, 1.165) is 12.2 Å². The van der Waals surface area contributed by atoms with Crippen LogP contribution in [0.3, 0.4) is 0 Å². The van der Waals surface area contributed by atoms with Crippen LogP contribution in [0.4, 0.5) is 0 Å². The Morgan fingerprint density at radius 1 is 1.29 bits per heavy atom. The summed E-state index contributed by atoms with van der Waals surface area (Å²) in [5.41, 5.74) is 2.75. The molecule has 3 heteroatoms. The molecule has 0 bridgehead atoms. The van der Waals surface area contributed by atoms with Crippen LogP contribution in [0.15, 0.2) is 18.2 Å². The number of rotatable bonds is 3. The lowest BCUT2D eigenvalue weighted by Crippen LogP contribution is -2.45. The molecule has 21 heavy (non-hydrogen) atoms. The molecule has 1 saturated carbocycles. The minimum atomic E-state index is 0.179. The third kappa shape index (κ3) is 2.48. The van der Waals surface area contributed by atoms with Crippen LogP contribution in [0.1, 0.15) is 36.3 Å². The molecule has 3 rings (SSSR count). The molecule has 2 aliphatic carbocycles. The van der Waals surface area contributed by atoms with Crippen molar-refractivity contribution in [3.8, 4) is 5.75 Å². The van der Waals surface area contributed by atoms with Crippen molar-refractivity contribution in [1.29, 1.82) is 0 Å². The van der Waals surface area contributed by atoms with Gasteiger partial charge in [-0.2, -0.15) is 0 Å². The van der Waals surface area contributed by atoms with Crippen LogP contribution in [-0.4, -0.2) is 38.4 Å². The molecule has 0 aromatic heterocycles. The second-order valence-electron chi connectivity index (χ2n) is 6.72. The summed E-state index contributed by atoms with van der Waals surface area (Å²) < 4.78 is 5.43. The average Bonchev–Trinajstić information content (AvgIpc) is 2.52. The number of ether oxygens (including phenoxy) is 1. The Labute approximate surface area is 127 Å². The van der Waals surface area contributed by atoms with Crippen molar-refractivity contribution in [1.82, 2.24) is 4.90 Å². The Bertz CT molecular complexity index is 526. The Hall–Kier alpha value is -1.35. The molecule has 114 valence electrons. The smallest absolute Gasteiger partial charge is 0.123 e. The summed E-state index contributed by atoms with van der Waals surface area (Å²) in [5, 5.41) is 0. The van der Waals surface area contributed by atoms with Crippen molar-refractivity contribution >= 4 is 6.29 Å². The van der Waals surface area contributed by atoms with Crippen LogP contribution in [0, 0.1) is 11.8 Å². The first-order valence-electron chi connectivity index (χ1n) is 7.94. The Kier molecular flexibility index (Phi) is 4.03. The van der Waals surface area contributed by atoms with Gasteiger partial charge in [0.15, 0.2) is 0 Å². The number of likely N-dealkylation sites (N-methyl/N-ethyl adjacent to an activating group) is 1. The summed E-state index contributed by atoms with van der Waals surface area (Å²) in [6.45, 7) is 0. The predicted molar refractivity (Wildman–Crippen MR) is 83.8 cm³/mol. The molecule has 1 aromatic rings. The van der Waals surface area contributed by atoms with Gasteiger partial charge in [-0.1, -0.05) is 12.5 Å². The van der Waals surface area contributed by atoms with Gasteiger partial charge in [0.25, 0.3) is 0 Å². The first-order valence-corrected chi connectivity index (χ1v) is 7.94. The summed E-state index contributed by atoms with van der Waals surface area (Å²) in [5.74, 6) is 2.06. The summed E-state index contributed by atoms with van der Waals surface area (Å²) in [4.78, 5) is 13.9. The third-order valence-corrected chi connectivity index (χ3v) is 5.47. The van der Waals surface area contributed by atoms with Crippen LogP contribution in [0.2, 0.25) is 0 Å². The van der Waals surface area contributed by atoms with Gasteiger partial charge in [-0.25, -0.2) is 0 Å². The van der Waals surface area contributed by atoms with Gasteiger partial charge in [-0.15, -0.1) is 0 Å². The summed E-state index contributed by atoms with van der Waals surface area (Å²) in [7, 11) is 6.05. The minimum absolute atomic E-state index is 0.179. The highest BCUT2D eigenvalue weighted by molar-refractivity contribution is 5.58. The minimum Gasteiger partial charge on any atom is -0.497 e. The summed E-state index contributed by atoms with van der Waals surface area (Å²) >= 11 is 0. The number of fused-ring (bicyclic) bond motifs is 3. The number of hydrogen-bond donors (Lipinski definition) is 0. The molecular formula is C18H25NO2. The molecule has 0 radical (unpaired) electrons. The van der Waals surface area contributed by atoms with Crippen molar-refractivity contribution in [3.05, 3.63) is 29.3 Å². The maximum atomic E-state index is 11.6. The van der Waals surface area contributed by atoms with Crippen LogP contribution in [0.25, 0.3) is 0 Å². The van der Waals surface area contributed by atoms with Gasteiger partial charge in [0.05, 0.1) is 7.11 Å². The maximum Gasteiger partial charge on any atom is 0.123 e. The number of nitrogens with zero attached hydrogens (tertiary/aromatic N) is 1. The fourth-order valence-corrected chi connectivity index (χ4v) is 4.46. The van der Waals surface area contributed by atoms with Crippen molar-refractivity contribution in [2.75, 3.05) is 21.2 Å². The number of carbonyl (C=O) groups is 1. The van der Waals surface area contributed by atoms with Gasteiger partial charge in [0, 0.05) is 17.9 Å². The Morgan fingerprint density at radius 2 is 2.10 bits per heavy atom. The zero-order valence-corrected chi connectivity index (χ0v) is 13.2. The van der Waals surface area contributed by atoms with Crippen molar-refractivity contribution in [2.24, 2.45) is 11.8 Å². The third-order valence-electron chi connectivity index (χ3n) is 5.47. The predicted octanol–water partition coefficient (Wildman–Crippen LogP) is 2.88. The van der Waals surface area contributed by atoms with E-state index in [0.29, 0.717) is 17.9 Å². The van der Waals surface area contributed by atoms with Gasteiger partial charge in [-0.3, -0.25) is 0 Å². The van der Waals surface area contributed by atoms with Crippen LogP contribution < -0.4 is 4.74 Å². The molecule has 0 N–H and O–H groups in total. The normalized spacial score (nSPS) is 31.4. The monoisotopic (exact) mass is 287 g/mol. The molecule has 3 nitrogen and oxygen atoms in total. The molecule has 0 saturated heterocycles. The molecule has 0 amide bonds. The zero-order valence-electron chi connectivity index (χ0n) is 13.2. The first-order chi connectivity index (χ1) is 10.2. The van der Waals surface area contributed by atoms with Crippen molar-refractivity contribution < 1.29 is 9.53 Å². The van der Waals surface area contributed by atoms with Gasteiger partial charge < -0.3 is 14.4 Å². The van der Waals surface area contributed by atoms with E-state index in [4.69, 9.17) is 4.74 Å². The Morgan fingerprint density at radius 3 is 2.76 bits per heavy atom. The van der Waals surface area contributed by atoms with Crippen molar-refractivity contribution in [3.63, 3.8) is 0 Å². The molecule has 4 atom stereocenters. The van der Waals surface area contributed by atoms with Gasteiger partial charge in [0.1, 0.15) is 12.0 Å². The van der Waals surface area contributed by atoms with Crippen molar-refractivity contribution in [2.45, 2.75) is 37.6 Å². The van der Waals surface area contributed by atoms with E-state index < -0.39 is 0 Å². The number of methoxy groups -OCH3 is 1. The fourth-order valence-electron chi connectivity index (χ4n) is 4.46. The largest absolute Gasteiger partial charge is 0.497 e. The summed E-state index contributed by atoms with van der Waals surface area (Å²) in [6, 6.07) is 6.91. The molecular weight excluding hydrogens is 262 g/mol. The highest BCUT2D eigenvalue weighted by atomic mass is 16.5. The van der Waals surface area contributed by atoms with E-state index in [-0.39, 0.29) is 5.92 Å². The molecule has 1 fully saturated rings. The molecule has 0 aliphatic heterocycles. The highest BCUT2D eigenvalue weighted by Gasteiger charge is 2.43. The molecule has 0 heterocycles. The van der Waals surface area contributed by atoms with E-state index in [1.54, 1.807) is 7.11 Å². The van der Waals surface area contributed by atoms with E-state index >= 15 is 0 Å². The average molecular weight is 287 g/mol. The molecule has 0 spiro atoms. The summed E-state index contributed by atoms with van der Waals surface area (Å²) in [6.07, 6.45) is 5.71. The maximum absolute atomic E-state index is 11.6. The van der Waals surface area contributed by atoms with Crippen LogP contribution in [0.5, 0.6) is 5.75 Å². The lowest BCUT2D eigenvalue weighted by Gasteiger charge is -2.47. The van der Waals surface area contributed by atoms with Gasteiger partial charge in [0.2, 0.25) is 0 Å². The first kappa shape index (κ1) is 14.6. The van der Waals surface area contributed by atoms with Gasteiger partial charge in [-0.05, 0) is 62.5 Å². The van der Waals surface area contributed by atoms with Gasteiger partial charge >= 0.3 is 0 Å². The lowest BCUT2D eigenvalue weighted by molar-refractivity contribution is -0.113. The fraction of sp³-hybridized carbons (Fsp3) is 0.611. The second-order valence-corrected chi connectivity index (χ2v) is 6.72. The van der Waals surface area contributed by atoms with E-state index in [2.05, 4.69) is 31.1 Å². The van der Waals surface area contributed by atoms with E-state index in [1.165, 1.54) is 36.7 Å². The molecule has 0 unspecified atom stereocenters. The number of carbonyl (C=O) groups excluding carboxylic acids is 1. The zero-order chi connectivity index (χ0) is 15.0. The number of hydrogen-bond acceptors (Lipinski definition) is 3. The topological polar surface area (TPSA) is 29.5 Å². The number of benzene rings is 1. The molecule has 2 aliphatic rings. The van der Waals surface area contributed by atoms with Crippen LogP contribution >= 0.6 is 0 Å². The second kappa shape index (κ2) is 5.80. The van der Waals surface area contributed by atoms with E-state index in [9.17, 15) is 4.79 Å². The lowest BCUT2D eigenvalue weighted by atomic mass is 9.61. The highest BCUT2D eigenvalue weighted by Crippen LogP contribution is 2.49. The SMILES string of the molecule is COc1ccc2c(c1)[C@H]1[C@@H](CCC[C@@H]1N(C)C)[C@H](C=O)C2. The Balaban J connectivity index is 2.08. The number of aldehydes is 1. The van der Waals surface area contributed by atoms with Crippen LogP contribution in [-0.2, 0) is 11.2 Å². The standard InChI is InChI=1S/C18H25NO2/c1-19(2)17-6-4-5-15-13(11-20)9-12-7-8-14(21-3)10-16(12)18(15)17/h7-8,10-11,13,15,17-18H,4-6,9H2,1-3H3/t13-,15-,17-,18+/m0/s1. The van der Waals surface area contributed by atoms with E-state index in [1.807, 2.05) is 6.07 Å².